The molecule has 0 aliphatic carbocycles. The third-order valence-electron chi connectivity index (χ3n) is 4.66. The van der Waals surface area contributed by atoms with Crippen LogP contribution in [0.4, 0.5) is 5.69 Å². The summed E-state index contributed by atoms with van der Waals surface area (Å²) in [6.45, 7) is 3.90. The highest BCUT2D eigenvalue weighted by Crippen LogP contribution is 2.27. The fourth-order valence-corrected chi connectivity index (χ4v) is 3.14. The lowest BCUT2D eigenvalue weighted by Gasteiger charge is -2.10. The van der Waals surface area contributed by atoms with Crippen molar-refractivity contribution in [2.45, 2.75) is 13.8 Å². The largest absolute Gasteiger partial charge is 0.462 e. The Kier molecular flexibility index (Phi) is 5.30. The van der Waals surface area contributed by atoms with E-state index in [2.05, 4.69) is 5.10 Å². The first-order valence-corrected chi connectivity index (χ1v) is 9.61. The van der Waals surface area contributed by atoms with Crippen molar-refractivity contribution in [2.75, 3.05) is 11.6 Å². The second-order valence-corrected chi connectivity index (χ2v) is 6.70. The van der Waals surface area contributed by atoms with E-state index in [-0.39, 0.29) is 11.9 Å². The number of hydrogen-bond acceptors (Lipinski definition) is 5. The molecule has 2 heterocycles. The first kappa shape index (κ1) is 19.4. The summed E-state index contributed by atoms with van der Waals surface area (Å²) in [5, 5.41) is 5.76. The van der Waals surface area contributed by atoms with E-state index in [1.54, 1.807) is 50.3 Å². The van der Waals surface area contributed by atoms with Gasteiger partial charge >= 0.3 is 5.97 Å². The lowest BCUT2D eigenvalue weighted by atomic mass is 10.1. The molecule has 1 aliphatic heterocycles. The van der Waals surface area contributed by atoms with Crippen molar-refractivity contribution in [1.29, 1.82) is 0 Å². The molecule has 6 heteroatoms. The quantitative estimate of drug-likeness (QED) is 0.450. The molecule has 0 saturated carbocycles. The number of hydrazone groups is 1. The van der Waals surface area contributed by atoms with Crippen molar-refractivity contribution >= 4 is 29.4 Å². The molecule has 0 bridgehead atoms. The minimum atomic E-state index is -0.355. The predicted octanol–water partition coefficient (Wildman–Crippen LogP) is 4.93. The molecule has 0 atom stereocenters. The number of carbonyl (C=O) groups is 2. The van der Waals surface area contributed by atoms with Gasteiger partial charge in [0.05, 0.1) is 29.1 Å². The Morgan fingerprint density at radius 2 is 1.80 bits per heavy atom. The number of para-hydroxylation sites is 1. The highest BCUT2D eigenvalue weighted by molar-refractivity contribution is 6.32. The molecule has 4 rings (SSSR count). The lowest BCUT2D eigenvalue weighted by Crippen LogP contribution is -2.21. The van der Waals surface area contributed by atoms with Crippen LogP contribution < -0.4 is 5.01 Å². The van der Waals surface area contributed by atoms with E-state index >= 15 is 0 Å². The molecule has 0 N–H and O–H groups in total. The fourth-order valence-electron chi connectivity index (χ4n) is 3.14. The highest BCUT2D eigenvalue weighted by Gasteiger charge is 2.28. The maximum atomic E-state index is 12.8. The Labute approximate surface area is 174 Å². The first-order valence-electron chi connectivity index (χ1n) is 9.61. The van der Waals surface area contributed by atoms with Gasteiger partial charge in [0.15, 0.2) is 0 Å². The Morgan fingerprint density at radius 3 is 2.50 bits per heavy atom. The normalized spacial score (nSPS) is 14.9. The topological polar surface area (TPSA) is 72.1 Å². The molecule has 0 saturated heterocycles. The Bertz CT molecular complexity index is 1140. The Balaban J connectivity index is 1.55. The third-order valence-corrected chi connectivity index (χ3v) is 4.66. The second kappa shape index (κ2) is 8.21. The van der Waals surface area contributed by atoms with E-state index in [0.29, 0.717) is 40.7 Å². The van der Waals surface area contributed by atoms with Gasteiger partial charge in [0.25, 0.3) is 5.91 Å². The van der Waals surface area contributed by atoms with Gasteiger partial charge in [-0.15, -0.1) is 0 Å². The first-order chi connectivity index (χ1) is 14.6. The molecule has 2 aromatic carbocycles. The van der Waals surface area contributed by atoms with Crippen LogP contribution in [0, 0.1) is 0 Å². The van der Waals surface area contributed by atoms with Gasteiger partial charge in [-0.25, -0.2) is 4.79 Å². The molecule has 6 nitrogen and oxygen atoms in total. The number of furan rings is 1. The SMILES string of the molecule is CCOC(=O)c1ccc(-c2ccc(/C=C3\C(=O)N(c4ccccc4)N=C3C)o2)cc1. The number of hydrogen-bond donors (Lipinski definition) is 0. The van der Waals surface area contributed by atoms with Gasteiger partial charge in [-0.05, 0) is 56.3 Å². The number of amides is 1. The monoisotopic (exact) mass is 400 g/mol. The van der Waals surface area contributed by atoms with Crippen molar-refractivity contribution in [3.8, 4) is 11.3 Å². The van der Waals surface area contributed by atoms with Crippen LogP contribution in [0.15, 0.2) is 81.8 Å². The predicted molar refractivity (Wildman–Crippen MR) is 115 cm³/mol. The van der Waals surface area contributed by atoms with E-state index in [1.807, 2.05) is 36.4 Å². The highest BCUT2D eigenvalue weighted by atomic mass is 16.5. The van der Waals surface area contributed by atoms with Crippen LogP contribution in [-0.4, -0.2) is 24.2 Å². The van der Waals surface area contributed by atoms with Crippen molar-refractivity contribution in [1.82, 2.24) is 0 Å². The summed E-state index contributed by atoms with van der Waals surface area (Å²) in [7, 11) is 0. The average Bonchev–Trinajstić information content (AvgIpc) is 3.35. The number of benzene rings is 2. The van der Waals surface area contributed by atoms with Gasteiger partial charge in [0.1, 0.15) is 11.5 Å². The van der Waals surface area contributed by atoms with Crippen LogP contribution in [0.5, 0.6) is 0 Å². The summed E-state index contributed by atoms with van der Waals surface area (Å²) in [4.78, 5) is 24.6. The van der Waals surface area contributed by atoms with Gasteiger partial charge in [-0.1, -0.05) is 30.3 Å². The maximum absolute atomic E-state index is 12.8. The number of esters is 1. The van der Waals surface area contributed by atoms with Crippen LogP contribution >= 0.6 is 0 Å². The zero-order valence-electron chi connectivity index (χ0n) is 16.7. The van der Waals surface area contributed by atoms with E-state index in [0.717, 1.165) is 5.56 Å². The molecule has 150 valence electrons. The number of anilines is 1. The van der Waals surface area contributed by atoms with Crippen molar-refractivity contribution < 1.29 is 18.7 Å². The van der Waals surface area contributed by atoms with Crippen molar-refractivity contribution in [2.24, 2.45) is 5.10 Å². The number of carbonyl (C=O) groups excluding carboxylic acids is 2. The smallest absolute Gasteiger partial charge is 0.338 e. The Morgan fingerprint density at radius 1 is 1.07 bits per heavy atom. The Hall–Kier alpha value is -3.93. The second-order valence-electron chi connectivity index (χ2n) is 6.70. The summed E-state index contributed by atoms with van der Waals surface area (Å²) >= 11 is 0. The van der Waals surface area contributed by atoms with Gasteiger partial charge in [0.2, 0.25) is 0 Å². The number of ether oxygens (including phenoxy) is 1. The van der Waals surface area contributed by atoms with Crippen LogP contribution in [-0.2, 0) is 9.53 Å². The summed E-state index contributed by atoms with van der Waals surface area (Å²) in [6.07, 6.45) is 1.70. The molecule has 1 aromatic heterocycles. The van der Waals surface area contributed by atoms with Gasteiger partial charge in [-0.3, -0.25) is 4.79 Å². The third kappa shape index (κ3) is 3.80. The summed E-state index contributed by atoms with van der Waals surface area (Å²) in [6, 6.07) is 19.9. The molecule has 3 aromatic rings. The molecule has 1 amide bonds. The number of nitrogens with zero attached hydrogens (tertiary/aromatic N) is 2. The van der Waals surface area contributed by atoms with E-state index in [1.165, 1.54) is 5.01 Å². The van der Waals surface area contributed by atoms with Gasteiger partial charge < -0.3 is 9.15 Å². The van der Waals surface area contributed by atoms with Crippen LogP contribution in [0.3, 0.4) is 0 Å². The summed E-state index contributed by atoms with van der Waals surface area (Å²) in [5.41, 5.74) is 3.13. The molecule has 0 spiro atoms. The molecule has 0 fully saturated rings. The van der Waals surface area contributed by atoms with Crippen molar-refractivity contribution in [3.05, 3.63) is 83.6 Å². The fraction of sp³-hybridized carbons (Fsp3) is 0.125. The summed E-state index contributed by atoms with van der Waals surface area (Å²) in [5.74, 6) is 0.631. The van der Waals surface area contributed by atoms with Gasteiger partial charge in [0, 0.05) is 5.56 Å². The maximum Gasteiger partial charge on any atom is 0.338 e. The van der Waals surface area contributed by atoms with Crippen LogP contribution in [0.1, 0.15) is 30.0 Å². The van der Waals surface area contributed by atoms with Crippen LogP contribution in [0.25, 0.3) is 17.4 Å². The minimum absolute atomic E-state index is 0.199. The number of rotatable bonds is 5. The van der Waals surface area contributed by atoms with E-state index in [4.69, 9.17) is 9.15 Å². The van der Waals surface area contributed by atoms with Crippen LogP contribution in [0.2, 0.25) is 0 Å². The van der Waals surface area contributed by atoms with E-state index < -0.39 is 0 Å². The molecule has 0 radical (unpaired) electrons. The van der Waals surface area contributed by atoms with Crippen molar-refractivity contribution in [3.63, 3.8) is 0 Å². The average molecular weight is 400 g/mol. The summed E-state index contributed by atoms with van der Waals surface area (Å²) < 4.78 is 10.9. The van der Waals surface area contributed by atoms with E-state index in [9.17, 15) is 9.59 Å². The molecular formula is C24H20N2O4. The zero-order chi connectivity index (χ0) is 21.1. The lowest BCUT2D eigenvalue weighted by molar-refractivity contribution is -0.114. The molecule has 0 unspecified atom stereocenters. The molecule has 1 aliphatic rings. The minimum Gasteiger partial charge on any atom is -0.462 e. The standard InChI is InChI=1S/C24H20N2O4/c1-3-29-24(28)18-11-9-17(10-12-18)22-14-13-20(30-22)15-21-16(2)25-26(23(21)27)19-7-5-4-6-8-19/h4-15H,3H2,1-2H3/b21-15-. The molecular weight excluding hydrogens is 380 g/mol. The molecule has 30 heavy (non-hydrogen) atoms. The zero-order valence-corrected chi connectivity index (χ0v) is 16.7. The van der Waals surface area contributed by atoms with Gasteiger partial charge in [-0.2, -0.15) is 10.1 Å².